The number of hydrogen-bond donors (Lipinski definition) is 0. The van der Waals surface area contributed by atoms with Crippen molar-refractivity contribution in [2.24, 2.45) is 0 Å². The van der Waals surface area contributed by atoms with Crippen molar-refractivity contribution >= 4 is 5.91 Å². The Morgan fingerprint density at radius 1 is 1.29 bits per heavy atom. The lowest BCUT2D eigenvalue weighted by Gasteiger charge is -2.33. The zero-order valence-corrected chi connectivity index (χ0v) is 11.3. The second-order valence-corrected chi connectivity index (χ2v) is 5.09. The average molecular weight is 237 g/mol. The van der Waals surface area contributed by atoms with E-state index in [9.17, 15) is 4.79 Å². The molecule has 0 aromatic carbocycles. The molecule has 1 fully saturated rings. The van der Waals surface area contributed by atoms with Gasteiger partial charge in [0, 0.05) is 12.5 Å². The number of likely N-dealkylation sites (tertiary alicyclic amines) is 1. The molecule has 0 radical (unpaired) electrons. The molecule has 1 atom stereocenters. The first-order chi connectivity index (χ1) is 8.29. The third-order valence-electron chi connectivity index (χ3n) is 3.70. The third-order valence-corrected chi connectivity index (χ3v) is 3.70. The van der Waals surface area contributed by atoms with Crippen LogP contribution in [0.4, 0.5) is 0 Å². The summed E-state index contributed by atoms with van der Waals surface area (Å²) in [5.41, 5.74) is 0. The maximum absolute atomic E-state index is 11.7. The van der Waals surface area contributed by atoms with Gasteiger partial charge in [0.15, 0.2) is 0 Å². The van der Waals surface area contributed by atoms with E-state index in [0.29, 0.717) is 12.5 Å². The van der Waals surface area contributed by atoms with Gasteiger partial charge in [-0.15, -0.1) is 0 Å². The summed E-state index contributed by atoms with van der Waals surface area (Å²) in [5.74, 6) is 0.266. The van der Waals surface area contributed by atoms with E-state index < -0.39 is 0 Å². The van der Waals surface area contributed by atoms with E-state index in [2.05, 4.69) is 13.5 Å². The van der Waals surface area contributed by atoms with Crippen molar-refractivity contribution in [3.63, 3.8) is 0 Å². The van der Waals surface area contributed by atoms with Crippen molar-refractivity contribution in [3.8, 4) is 0 Å². The highest BCUT2D eigenvalue weighted by atomic mass is 16.2. The SMILES string of the molecule is C=CN1C(=O)CCCC1CCCCCCCC. The third kappa shape index (κ3) is 4.93. The summed E-state index contributed by atoms with van der Waals surface area (Å²) in [6.07, 6.45) is 13.8. The van der Waals surface area contributed by atoms with Crippen LogP contribution in [0.25, 0.3) is 0 Å². The van der Waals surface area contributed by atoms with E-state index in [4.69, 9.17) is 0 Å². The van der Waals surface area contributed by atoms with Crippen LogP contribution in [0.2, 0.25) is 0 Å². The van der Waals surface area contributed by atoms with Gasteiger partial charge in [-0.2, -0.15) is 0 Å². The largest absolute Gasteiger partial charge is 0.317 e. The van der Waals surface area contributed by atoms with Gasteiger partial charge >= 0.3 is 0 Å². The molecular weight excluding hydrogens is 210 g/mol. The first-order valence-electron chi connectivity index (χ1n) is 7.23. The predicted octanol–water partition coefficient (Wildman–Crippen LogP) is 4.26. The predicted molar refractivity (Wildman–Crippen MR) is 72.7 cm³/mol. The lowest BCUT2D eigenvalue weighted by Crippen LogP contribution is -2.39. The van der Waals surface area contributed by atoms with Crippen LogP contribution in [0.15, 0.2) is 12.8 Å². The lowest BCUT2D eigenvalue weighted by atomic mass is 9.96. The lowest BCUT2D eigenvalue weighted by molar-refractivity contribution is -0.133. The minimum absolute atomic E-state index is 0.266. The van der Waals surface area contributed by atoms with Gasteiger partial charge in [-0.05, 0) is 25.5 Å². The summed E-state index contributed by atoms with van der Waals surface area (Å²) >= 11 is 0. The Morgan fingerprint density at radius 2 is 2.00 bits per heavy atom. The van der Waals surface area contributed by atoms with Crippen molar-refractivity contribution in [2.45, 2.75) is 77.2 Å². The molecule has 1 rings (SSSR count). The molecule has 98 valence electrons. The van der Waals surface area contributed by atoms with E-state index in [1.165, 1.54) is 38.5 Å². The first-order valence-corrected chi connectivity index (χ1v) is 7.23. The summed E-state index contributed by atoms with van der Waals surface area (Å²) in [7, 11) is 0. The minimum atomic E-state index is 0.266. The highest BCUT2D eigenvalue weighted by molar-refractivity contribution is 5.78. The Morgan fingerprint density at radius 3 is 2.71 bits per heavy atom. The molecule has 0 spiro atoms. The quantitative estimate of drug-likeness (QED) is 0.578. The van der Waals surface area contributed by atoms with Gasteiger partial charge < -0.3 is 4.90 Å². The number of carbonyl (C=O) groups excluding carboxylic acids is 1. The molecule has 0 bridgehead atoms. The molecule has 0 aromatic heterocycles. The van der Waals surface area contributed by atoms with Crippen LogP contribution in [0, 0.1) is 0 Å². The number of amides is 1. The fourth-order valence-electron chi connectivity index (χ4n) is 2.66. The van der Waals surface area contributed by atoms with Gasteiger partial charge in [-0.3, -0.25) is 4.79 Å². The molecule has 1 unspecified atom stereocenters. The van der Waals surface area contributed by atoms with Crippen LogP contribution < -0.4 is 0 Å². The van der Waals surface area contributed by atoms with Crippen molar-refractivity contribution in [1.29, 1.82) is 0 Å². The van der Waals surface area contributed by atoms with Gasteiger partial charge in [-0.1, -0.05) is 52.0 Å². The Balaban J connectivity index is 2.16. The molecule has 0 aliphatic carbocycles. The Bertz CT molecular complexity index is 237. The normalized spacial score (nSPS) is 20.6. The van der Waals surface area contributed by atoms with Gasteiger partial charge in [0.2, 0.25) is 5.91 Å². The second kappa shape index (κ2) is 8.32. The van der Waals surface area contributed by atoms with Crippen molar-refractivity contribution < 1.29 is 4.79 Å². The van der Waals surface area contributed by atoms with E-state index in [1.54, 1.807) is 6.20 Å². The molecule has 17 heavy (non-hydrogen) atoms. The second-order valence-electron chi connectivity index (χ2n) is 5.09. The number of piperidine rings is 1. The molecule has 1 aliphatic heterocycles. The number of carbonyl (C=O) groups is 1. The fraction of sp³-hybridized carbons (Fsp3) is 0.800. The molecule has 1 aliphatic rings. The summed E-state index contributed by atoms with van der Waals surface area (Å²) in [6, 6.07) is 0.430. The average Bonchev–Trinajstić information content (AvgIpc) is 2.34. The Labute approximate surface area is 106 Å². The van der Waals surface area contributed by atoms with Crippen molar-refractivity contribution in [3.05, 3.63) is 12.8 Å². The highest BCUT2D eigenvalue weighted by Crippen LogP contribution is 2.23. The van der Waals surface area contributed by atoms with Crippen LogP contribution in [-0.4, -0.2) is 16.8 Å². The summed E-state index contributed by atoms with van der Waals surface area (Å²) < 4.78 is 0. The van der Waals surface area contributed by atoms with E-state index >= 15 is 0 Å². The molecule has 2 nitrogen and oxygen atoms in total. The van der Waals surface area contributed by atoms with E-state index in [-0.39, 0.29) is 5.91 Å². The molecule has 2 heteroatoms. The smallest absolute Gasteiger partial charge is 0.226 e. The number of nitrogens with zero attached hydrogens (tertiary/aromatic N) is 1. The first kappa shape index (κ1) is 14.3. The highest BCUT2D eigenvalue weighted by Gasteiger charge is 2.25. The van der Waals surface area contributed by atoms with Crippen LogP contribution in [-0.2, 0) is 4.79 Å². The van der Waals surface area contributed by atoms with Gasteiger partial charge in [-0.25, -0.2) is 0 Å². The molecule has 0 saturated carbocycles. The molecule has 1 amide bonds. The number of rotatable bonds is 8. The number of hydrogen-bond acceptors (Lipinski definition) is 1. The number of unbranched alkanes of at least 4 members (excludes halogenated alkanes) is 5. The zero-order chi connectivity index (χ0) is 12.5. The summed E-state index contributed by atoms with van der Waals surface area (Å²) in [6.45, 7) is 6.00. The van der Waals surface area contributed by atoms with Crippen LogP contribution in [0.3, 0.4) is 0 Å². The zero-order valence-electron chi connectivity index (χ0n) is 11.3. The molecule has 1 heterocycles. The Hall–Kier alpha value is -0.790. The van der Waals surface area contributed by atoms with Crippen LogP contribution in [0.5, 0.6) is 0 Å². The molecule has 0 aromatic rings. The van der Waals surface area contributed by atoms with E-state index in [1.807, 2.05) is 4.90 Å². The minimum Gasteiger partial charge on any atom is -0.317 e. The van der Waals surface area contributed by atoms with Gasteiger partial charge in [0.1, 0.15) is 0 Å². The van der Waals surface area contributed by atoms with Crippen molar-refractivity contribution in [2.75, 3.05) is 0 Å². The molecule has 0 N–H and O–H groups in total. The monoisotopic (exact) mass is 237 g/mol. The maximum Gasteiger partial charge on any atom is 0.226 e. The molecular formula is C15H27NO. The Kier molecular flexibility index (Phi) is 6.99. The fourth-order valence-corrected chi connectivity index (χ4v) is 2.66. The summed E-state index contributed by atoms with van der Waals surface area (Å²) in [5, 5.41) is 0. The van der Waals surface area contributed by atoms with Crippen LogP contribution >= 0.6 is 0 Å². The standard InChI is InChI=1S/C15H27NO/c1-3-5-6-7-8-9-11-14-12-10-13-15(17)16(14)4-2/h4,14H,2-3,5-13H2,1H3. The van der Waals surface area contributed by atoms with Gasteiger partial charge in [0.25, 0.3) is 0 Å². The van der Waals surface area contributed by atoms with Crippen LogP contribution in [0.1, 0.15) is 71.1 Å². The van der Waals surface area contributed by atoms with E-state index in [0.717, 1.165) is 19.3 Å². The van der Waals surface area contributed by atoms with Crippen molar-refractivity contribution in [1.82, 2.24) is 4.90 Å². The topological polar surface area (TPSA) is 20.3 Å². The molecule has 1 saturated heterocycles. The van der Waals surface area contributed by atoms with Gasteiger partial charge in [0.05, 0.1) is 0 Å². The summed E-state index contributed by atoms with van der Waals surface area (Å²) in [4.78, 5) is 13.5. The maximum atomic E-state index is 11.7.